The lowest BCUT2D eigenvalue weighted by Crippen LogP contribution is -2.25. The minimum atomic E-state index is 0.540. The van der Waals surface area contributed by atoms with Crippen LogP contribution in [0.15, 0.2) is 12.1 Å². The molecule has 1 N–H and O–H groups in total. The van der Waals surface area contributed by atoms with Crippen molar-refractivity contribution in [2.24, 2.45) is 5.92 Å². The second kappa shape index (κ2) is 7.09. The number of nitrogens with zero attached hydrogens (tertiary/aromatic N) is 1. The zero-order chi connectivity index (χ0) is 13.7. The van der Waals surface area contributed by atoms with Crippen molar-refractivity contribution in [3.05, 3.63) is 21.9 Å². The predicted molar refractivity (Wildman–Crippen MR) is 83.1 cm³/mol. The van der Waals surface area contributed by atoms with E-state index in [1.54, 1.807) is 0 Å². The van der Waals surface area contributed by atoms with Crippen LogP contribution in [0.5, 0.6) is 0 Å². The van der Waals surface area contributed by atoms with Gasteiger partial charge in [0.05, 0.1) is 6.54 Å². The number of hydrogen-bond donors (Lipinski definition) is 1. The molecule has 0 bridgehead atoms. The van der Waals surface area contributed by atoms with Crippen LogP contribution in [0.4, 0.5) is 0 Å². The fourth-order valence-corrected chi connectivity index (χ4v) is 3.12. The predicted octanol–water partition coefficient (Wildman–Crippen LogP) is 3.09. The summed E-state index contributed by atoms with van der Waals surface area (Å²) in [4.78, 5) is 5.25. The van der Waals surface area contributed by atoms with Gasteiger partial charge in [0.2, 0.25) is 0 Å². The maximum atomic E-state index is 5.47. The first-order chi connectivity index (χ1) is 9.17. The molecule has 0 aromatic carbocycles. The molecule has 1 aliphatic rings. The van der Waals surface area contributed by atoms with E-state index in [9.17, 15) is 0 Å². The highest BCUT2D eigenvalue weighted by molar-refractivity contribution is 7.11. The van der Waals surface area contributed by atoms with E-state index in [0.29, 0.717) is 6.04 Å². The van der Waals surface area contributed by atoms with Crippen molar-refractivity contribution in [3.8, 4) is 12.3 Å². The molecule has 1 aliphatic carbocycles. The lowest BCUT2D eigenvalue weighted by molar-refractivity contribution is 0.289. The Labute approximate surface area is 121 Å². The zero-order valence-electron chi connectivity index (χ0n) is 12.0. The molecule has 0 aliphatic heterocycles. The molecular formula is C16H24N2S. The molecule has 1 aromatic rings. The van der Waals surface area contributed by atoms with E-state index in [-0.39, 0.29) is 0 Å². The Kier molecular flexibility index (Phi) is 5.45. The van der Waals surface area contributed by atoms with Gasteiger partial charge in [0, 0.05) is 35.4 Å². The topological polar surface area (TPSA) is 15.3 Å². The third kappa shape index (κ3) is 5.36. The van der Waals surface area contributed by atoms with E-state index in [0.717, 1.165) is 25.6 Å². The van der Waals surface area contributed by atoms with Gasteiger partial charge in [0.15, 0.2) is 0 Å². The van der Waals surface area contributed by atoms with Crippen LogP contribution in [0.3, 0.4) is 0 Å². The first kappa shape index (κ1) is 14.6. The van der Waals surface area contributed by atoms with Crippen LogP contribution in [-0.2, 0) is 13.1 Å². The first-order valence-electron chi connectivity index (χ1n) is 7.14. The van der Waals surface area contributed by atoms with Gasteiger partial charge in [-0.2, -0.15) is 0 Å². The second-order valence-corrected chi connectivity index (χ2v) is 6.97. The normalized spacial score (nSPS) is 15.1. The molecule has 1 fully saturated rings. The molecule has 0 amide bonds. The van der Waals surface area contributed by atoms with Gasteiger partial charge in [0.1, 0.15) is 0 Å². The highest BCUT2D eigenvalue weighted by Gasteiger charge is 2.24. The molecule has 0 unspecified atom stereocenters. The van der Waals surface area contributed by atoms with Crippen molar-refractivity contribution in [1.82, 2.24) is 10.2 Å². The molecule has 19 heavy (non-hydrogen) atoms. The highest BCUT2D eigenvalue weighted by atomic mass is 32.1. The van der Waals surface area contributed by atoms with E-state index < -0.39 is 0 Å². The van der Waals surface area contributed by atoms with Gasteiger partial charge < -0.3 is 5.32 Å². The molecular weight excluding hydrogens is 252 g/mol. The summed E-state index contributed by atoms with van der Waals surface area (Å²) in [6.07, 6.45) is 8.24. The largest absolute Gasteiger partial charge is 0.310 e. The van der Waals surface area contributed by atoms with Crippen LogP contribution in [-0.4, -0.2) is 24.0 Å². The standard InChI is InChI=1S/C16H24N2S/c1-4-9-18(11-14-5-6-14)12-16-8-7-15(19-16)10-17-13(2)3/h1,7-8,13-14,17H,5-6,9-12H2,2-3H3. The number of hydrogen-bond acceptors (Lipinski definition) is 3. The number of rotatable bonds is 8. The molecule has 0 saturated heterocycles. The fraction of sp³-hybridized carbons (Fsp3) is 0.625. The van der Waals surface area contributed by atoms with Gasteiger partial charge in [-0.05, 0) is 30.9 Å². The Hall–Kier alpha value is -0.820. The third-order valence-corrected chi connectivity index (χ3v) is 4.38. The van der Waals surface area contributed by atoms with E-state index >= 15 is 0 Å². The number of nitrogens with one attached hydrogen (secondary N) is 1. The number of terminal acetylenes is 1. The van der Waals surface area contributed by atoms with Gasteiger partial charge in [-0.3, -0.25) is 4.90 Å². The average molecular weight is 276 g/mol. The van der Waals surface area contributed by atoms with Crippen LogP contribution < -0.4 is 5.32 Å². The van der Waals surface area contributed by atoms with Crippen molar-refractivity contribution in [1.29, 1.82) is 0 Å². The SMILES string of the molecule is C#CCN(Cc1ccc(CNC(C)C)s1)CC1CC1. The molecule has 0 radical (unpaired) electrons. The van der Waals surface area contributed by atoms with E-state index in [1.807, 2.05) is 11.3 Å². The molecule has 2 nitrogen and oxygen atoms in total. The summed E-state index contributed by atoms with van der Waals surface area (Å²) in [7, 11) is 0. The quantitative estimate of drug-likeness (QED) is 0.734. The Bertz CT molecular complexity index is 426. The Morgan fingerprint density at radius 3 is 2.79 bits per heavy atom. The maximum Gasteiger partial charge on any atom is 0.0602 e. The minimum absolute atomic E-state index is 0.540. The van der Waals surface area contributed by atoms with Gasteiger partial charge >= 0.3 is 0 Å². The third-order valence-electron chi connectivity index (χ3n) is 3.31. The average Bonchev–Trinajstić information content (AvgIpc) is 3.05. The monoisotopic (exact) mass is 276 g/mol. The number of thiophene rings is 1. The zero-order valence-corrected chi connectivity index (χ0v) is 12.8. The summed E-state index contributed by atoms with van der Waals surface area (Å²) in [6.45, 7) is 8.28. The summed E-state index contributed by atoms with van der Waals surface area (Å²) >= 11 is 1.90. The van der Waals surface area contributed by atoms with Crippen molar-refractivity contribution in [3.63, 3.8) is 0 Å². The second-order valence-electron chi connectivity index (χ2n) is 5.72. The van der Waals surface area contributed by atoms with Crippen LogP contribution in [0.2, 0.25) is 0 Å². The summed E-state index contributed by atoms with van der Waals surface area (Å²) < 4.78 is 0. The van der Waals surface area contributed by atoms with Crippen molar-refractivity contribution in [2.45, 2.75) is 45.8 Å². The molecule has 3 heteroatoms. The molecule has 2 rings (SSSR count). The summed E-state index contributed by atoms with van der Waals surface area (Å²) in [6, 6.07) is 5.03. The first-order valence-corrected chi connectivity index (χ1v) is 7.96. The van der Waals surface area contributed by atoms with Gasteiger partial charge in [-0.25, -0.2) is 0 Å². The van der Waals surface area contributed by atoms with Gasteiger partial charge in [0.25, 0.3) is 0 Å². The molecule has 0 atom stereocenters. The Morgan fingerprint density at radius 1 is 1.42 bits per heavy atom. The molecule has 0 spiro atoms. The van der Waals surface area contributed by atoms with Crippen LogP contribution >= 0.6 is 11.3 Å². The molecule has 104 valence electrons. The van der Waals surface area contributed by atoms with Crippen molar-refractivity contribution < 1.29 is 0 Å². The summed E-state index contributed by atoms with van der Waals surface area (Å²) in [5.41, 5.74) is 0. The highest BCUT2D eigenvalue weighted by Crippen LogP contribution is 2.30. The van der Waals surface area contributed by atoms with Gasteiger partial charge in [-0.15, -0.1) is 17.8 Å². The molecule has 1 saturated carbocycles. The van der Waals surface area contributed by atoms with E-state index in [4.69, 9.17) is 6.42 Å². The molecule has 1 heterocycles. The fourth-order valence-electron chi connectivity index (χ4n) is 2.11. The van der Waals surface area contributed by atoms with E-state index in [2.05, 4.69) is 42.1 Å². The van der Waals surface area contributed by atoms with Crippen molar-refractivity contribution >= 4 is 11.3 Å². The lowest BCUT2D eigenvalue weighted by Gasteiger charge is -2.18. The smallest absolute Gasteiger partial charge is 0.0602 e. The summed E-state index contributed by atoms with van der Waals surface area (Å²) in [5.74, 6) is 3.68. The molecule has 1 aromatic heterocycles. The maximum absolute atomic E-state index is 5.47. The van der Waals surface area contributed by atoms with Crippen LogP contribution in [0.1, 0.15) is 36.4 Å². The van der Waals surface area contributed by atoms with E-state index in [1.165, 1.54) is 29.1 Å². The van der Waals surface area contributed by atoms with Crippen LogP contribution in [0.25, 0.3) is 0 Å². The Morgan fingerprint density at radius 2 is 2.16 bits per heavy atom. The Balaban J connectivity index is 1.84. The summed E-state index contributed by atoms with van der Waals surface area (Å²) in [5, 5.41) is 3.46. The van der Waals surface area contributed by atoms with Crippen LogP contribution in [0, 0.1) is 18.3 Å². The van der Waals surface area contributed by atoms with Gasteiger partial charge in [-0.1, -0.05) is 19.8 Å². The lowest BCUT2D eigenvalue weighted by atomic mass is 10.3. The van der Waals surface area contributed by atoms with Crippen molar-refractivity contribution in [2.75, 3.05) is 13.1 Å². The minimum Gasteiger partial charge on any atom is -0.310 e.